The molecule has 1 aromatic heterocycles. The molecule has 0 N–H and O–H groups in total. The molecule has 2 bridgehead atoms. The number of fused-ring (bicyclic) bond motifs is 4. The Morgan fingerprint density at radius 3 is 2.79 bits per heavy atom. The predicted molar refractivity (Wildman–Crippen MR) is 113 cm³/mol. The number of amides is 2. The Labute approximate surface area is 176 Å². The molecule has 8 heteroatoms. The number of carbonyl (C=O) groups is 2. The van der Waals surface area contributed by atoms with E-state index < -0.39 is 0 Å². The molecule has 4 aliphatic heterocycles. The van der Waals surface area contributed by atoms with Crippen LogP contribution in [0.5, 0.6) is 0 Å². The fraction of sp³-hybridized carbons (Fsp3) is 0.714. The van der Waals surface area contributed by atoms with E-state index in [-0.39, 0.29) is 29.8 Å². The van der Waals surface area contributed by atoms with E-state index >= 15 is 0 Å². The predicted octanol–water partition coefficient (Wildman–Crippen LogP) is 1.57. The SMILES string of the molecule is Cc1ccnc(N2C[C@H]3C[C@@H](C2)[C@H](C(=O)N2CCSCC2)N2C(=O)CCC[C@@H]32)n1. The van der Waals surface area contributed by atoms with Crippen LogP contribution in [0, 0.1) is 18.8 Å². The van der Waals surface area contributed by atoms with Gasteiger partial charge in [0.1, 0.15) is 6.04 Å². The van der Waals surface area contributed by atoms with Gasteiger partial charge in [-0.15, -0.1) is 0 Å². The summed E-state index contributed by atoms with van der Waals surface area (Å²) in [6.45, 7) is 5.20. The van der Waals surface area contributed by atoms with Crippen LogP contribution in [0.25, 0.3) is 0 Å². The highest BCUT2D eigenvalue weighted by molar-refractivity contribution is 7.99. The number of nitrogens with zero attached hydrogens (tertiary/aromatic N) is 5. The highest BCUT2D eigenvalue weighted by atomic mass is 32.2. The summed E-state index contributed by atoms with van der Waals surface area (Å²) in [5.74, 6) is 3.64. The largest absolute Gasteiger partial charge is 0.340 e. The molecule has 0 spiro atoms. The molecule has 0 aliphatic carbocycles. The first-order valence-electron chi connectivity index (χ1n) is 10.8. The van der Waals surface area contributed by atoms with Crippen LogP contribution in [-0.4, -0.2) is 81.4 Å². The van der Waals surface area contributed by atoms with Crippen molar-refractivity contribution in [3.63, 3.8) is 0 Å². The number of thioether (sulfide) groups is 1. The van der Waals surface area contributed by atoms with Crippen molar-refractivity contribution in [2.75, 3.05) is 42.6 Å². The van der Waals surface area contributed by atoms with Gasteiger partial charge >= 0.3 is 0 Å². The first kappa shape index (κ1) is 19.2. The van der Waals surface area contributed by atoms with E-state index in [0.717, 1.165) is 68.6 Å². The smallest absolute Gasteiger partial charge is 0.245 e. The lowest BCUT2D eigenvalue weighted by molar-refractivity contribution is -0.161. The third kappa shape index (κ3) is 3.49. The number of carbonyl (C=O) groups excluding carboxylic acids is 2. The second kappa shape index (κ2) is 7.78. The minimum Gasteiger partial charge on any atom is -0.340 e. The number of aryl methyl sites for hydroxylation is 1. The topological polar surface area (TPSA) is 69.6 Å². The van der Waals surface area contributed by atoms with Crippen molar-refractivity contribution in [3.05, 3.63) is 18.0 Å². The maximum Gasteiger partial charge on any atom is 0.245 e. The molecule has 4 atom stereocenters. The van der Waals surface area contributed by atoms with Gasteiger partial charge in [0, 0.05) is 68.0 Å². The third-order valence-electron chi connectivity index (χ3n) is 6.98. The Balaban J connectivity index is 1.46. The maximum atomic E-state index is 13.6. The van der Waals surface area contributed by atoms with Gasteiger partial charge in [-0.2, -0.15) is 11.8 Å². The van der Waals surface area contributed by atoms with Gasteiger partial charge in [-0.25, -0.2) is 9.97 Å². The van der Waals surface area contributed by atoms with E-state index in [1.807, 2.05) is 40.7 Å². The summed E-state index contributed by atoms with van der Waals surface area (Å²) >= 11 is 1.90. The number of rotatable bonds is 2. The molecular formula is C21H29N5O2S. The van der Waals surface area contributed by atoms with Crippen LogP contribution < -0.4 is 4.90 Å². The lowest BCUT2D eigenvalue weighted by atomic mass is 9.71. The first-order chi connectivity index (χ1) is 14.1. The second-order valence-corrected chi connectivity index (χ2v) is 10.0. The molecule has 5 rings (SSSR count). The summed E-state index contributed by atoms with van der Waals surface area (Å²) in [4.78, 5) is 42.0. The van der Waals surface area contributed by atoms with Crippen LogP contribution in [-0.2, 0) is 9.59 Å². The number of aromatic nitrogens is 2. The molecule has 0 aromatic carbocycles. The van der Waals surface area contributed by atoms with Crippen LogP contribution in [0.15, 0.2) is 12.3 Å². The van der Waals surface area contributed by atoms with Crippen molar-refractivity contribution in [2.45, 2.75) is 44.7 Å². The lowest BCUT2D eigenvalue weighted by Crippen LogP contribution is -2.69. The number of hydrogen-bond donors (Lipinski definition) is 0. The van der Waals surface area contributed by atoms with Gasteiger partial charge < -0.3 is 14.7 Å². The van der Waals surface area contributed by atoms with Crippen molar-refractivity contribution in [3.8, 4) is 0 Å². The van der Waals surface area contributed by atoms with Gasteiger partial charge in [-0.05, 0) is 38.2 Å². The minimum atomic E-state index is -0.320. The zero-order valence-corrected chi connectivity index (χ0v) is 17.8. The quantitative estimate of drug-likeness (QED) is 0.730. The van der Waals surface area contributed by atoms with E-state index in [1.54, 1.807) is 0 Å². The lowest BCUT2D eigenvalue weighted by Gasteiger charge is -2.56. The fourth-order valence-corrected chi connectivity index (χ4v) is 6.60. The maximum absolute atomic E-state index is 13.6. The molecule has 7 nitrogen and oxygen atoms in total. The highest BCUT2D eigenvalue weighted by Gasteiger charge is 2.53. The van der Waals surface area contributed by atoms with E-state index in [9.17, 15) is 9.59 Å². The summed E-state index contributed by atoms with van der Waals surface area (Å²) in [7, 11) is 0. The van der Waals surface area contributed by atoms with Crippen molar-refractivity contribution < 1.29 is 9.59 Å². The van der Waals surface area contributed by atoms with Crippen LogP contribution in [0.4, 0.5) is 5.95 Å². The number of hydrogen-bond acceptors (Lipinski definition) is 6. The van der Waals surface area contributed by atoms with Crippen molar-refractivity contribution in [1.82, 2.24) is 19.8 Å². The fourth-order valence-electron chi connectivity index (χ4n) is 5.70. The molecule has 156 valence electrons. The van der Waals surface area contributed by atoms with Gasteiger partial charge in [0.2, 0.25) is 17.8 Å². The molecule has 4 saturated heterocycles. The third-order valence-corrected chi connectivity index (χ3v) is 7.92. The minimum absolute atomic E-state index is 0.151. The molecule has 4 aliphatic rings. The summed E-state index contributed by atoms with van der Waals surface area (Å²) in [5.41, 5.74) is 0.957. The van der Waals surface area contributed by atoms with Crippen molar-refractivity contribution in [2.24, 2.45) is 11.8 Å². The van der Waals surface area contributed by atoms with Gasteiger partial charge in [0.05, 0.1) is 0 Å². The van der Waals surface area contributed by atoms with Gasteiger partial charge in [-0.3, -0.25) is 9.59 Å². The van der Waals surface area contributed by atoms with Gasteiger partial charge in [0.25, 0.3) is 0 Å². The first-order valence-corrected chi connectivity index (χ1v) is 12.0. The zero-order chi connectivity index (χ0) is 20.0. The second-order valence-electron chi connectivity index (χ2n) is 8.80. The summed E-state index contributed by atoms with van der Waals surface area (Å²) in [6.07, 6.45) is 5.36. The Bertz CT molecular complexity index is 799. The standard InChI is InChI=1S/C21H29N5O2S/c1-14-5-6-22-21(23-14)25-12-15-11-16(13-25)19(20(28)24-7-9-29-10-8-24)26-17(15)3-2-4-18(26)27/h5-6,15-17,19H,2-4,7-13H2,1H3/t15-,16+,17+,19-/m1/s1. The van der Waals surface area contributed by atoms with Crippen LogP contribution >= 0.6 is 11.8 Å². The normalized spacial score (nSPS) is 32.2. The van der Waals surface area contributed by atoms with Crippen LogP contribution in [0.1, 0.15) is 31.4 Å². The van der Waals surface area contributed by atoms with Crippen LogP contribution in [0.2, 0.25) is 0 Å². The van der Waals surface area contributed by atoms with E-state index in [2.05, 4.69) is 14.9 Å². The Morgan fingerprint density at radius 2 is 2.00 bits per heavy atom. The average Bonchev–Trinajstić information content (AvgIpc) is 2.75. The molecule has 2 amide bonds. The number of piperidine rings is 3. The van der Waals surface area contributed by atoms with Crippen molar-refractivity contribution in [1.29, 1.82) is 0 Å². The number of anilines is 1. The molecule has 0 radical (unpaired) electrons. The molecule has 1 aromatic rings. The molecule has 0 unspecified atom stereocenters. The van der Waals surface area contributed by atoms with E-state index in [0.29, 0.717) is 12.3 Å². The highest BCUT2D eigenvalue weighted by Crippen LogP contribution is 2.42. The van der Waals surface area contributed by atoms with Crippen molar-refractivity contribution >= 4 is 29.5 Å². The Hall–Kier alpha value is -1.83. The zero-order valence-electron chi connectivity index (χ0n) is 17.0. The van der Waals surface area contributed by atoms with Gasteiger partial charge in [-0.1, -0.05) is 0 Å². The Kier molecular flexibility index (Phi) is 5.14. The molecule has 0 saturated carbocycles. The molecule has 4 fully saturated rings. The Morgan fingerprint density at radius 1 is 1.21 bits per heavy atom. The van der Waals surface area contributed by atoms with E-state index in [1.165, 1.54) is 0 Å². The molecule has 29 heavy (non-hydrogen) atoms. The summed E-state index contributed by atoms with van der Waals surface area (Å²) in [6, 6.07) is 1.77. The monoisotopic (exact) mass is 415 g/mol. The molecular weight excluding hydrogens is 386 g/mol. The summed E-state index contributed by atoms with van der Waals surface area (Å²) in [5, 5.41) is 0. The van der Waals surface area contributed by atoms with E-state index in [4.69, 9.17) is 0 Å². The van der Waals surface area contributed by atoms with Gasteiger partial charge in [0.15, 0.2) is 0 Å². The summed E-state index contributed by atoms with van der Waals surface area (Å²) < 4.78 is 0. The molecule has 5 heterocycles. The van der Waals surface area contributed by atoms with Crippen LogP contribution in [0.3, 0.4) is 0 Å². The average molecular weight is 416 g/mol.